The van der Waals surface area contributed by atoms with Crippen molar-refractivity contribution in [2.75, 3.05) is 6.61 Å². The lowest BCUT2D eigenvalue weighted by Gasteiger charge is -1.96. The summed E-state index contributed by atoms with van der Waals surface area (Å²) in [5.74, 6) is -0.389. The van der Waals surface area contributed by atoms with E-state index in [-0.39, 0.29) is 5.97 Å². The summed E-state index contributed by atoms with van der Waals surface area (Å²) in [7, 11) is 0. The minimum Gasteiger partial charge on any atom is -0.463 e. The van der Waals surface area contributed by atoms with Crippen LogP contribution in [0.1, 0.15) is 22.8 Å². The number of carbonyl (C=O) groups excluding carboxylic acids is 2. The number of halogens is 1. The molecule has 0 saturated carbocycles. The van der Waals surface area contributed by atoms with Gasteiger partial charge in [0, 0.05) is 11.6 Å². The molecule has 0 spiro atoms. The van der Waals surface area contributed by atoms with Gasteiger partial charge in [-0.25, -0.2) is 4.79 Å². The van der Waals surface area contributed by atoms with Gasteiger partial charge in [0.15, 0.2) is 0 Å². The molecular weight excluding hydrogens is 228 g/mol. The van der Waals surface area contributed by atoms with E-state index in [4.69, 9.17) is 16.3 Å². The van der Waals surface area contributed by atoms with Gasteiger partial charge in [-0.1, -0.05) is 12.1 Å². The Kier molecular flexibility index (Phi) is 4.73. The number of hydrogen-bond acceptors (Lipinski definition) is 3. The van der Waals surface area contributed by atoms with Crippen LogP contribution in [0, 0.1) is 0 Å². The molecule has 84 valence electrons. The first-order valence-corrected chi connectivity index (χ1v) is 5.16. The van der Waals surface area contributed by atoms with E-state index in [2.05, 4.69) is 0 Å². The standard InChI is InChI=1S/C12H11ClO3/c1-2-16-11(14)8-5-9-3-6-10(7-4-9)12(13)15/h3-8H,2H2,1H3/b8-5+. The maximum Gasteiger partial charge on any atom is 0.330 e. The minimum absolute atomic E-state index is 0.350. The van der Waals surface area contributed by atoms with Crippen LogP contribution in [0.4, 0.5) is 0 Å². The maximum atomic E-state index is 11.0. The first-order chi connectivity index (χ1) is 7.63. The molecule has 0 aliphatic heterocycles. The Morgan fingerprint density at radius 3 is 2.44 bits per heavy atom. The summed E-state index contributed by atoms with van der Waals surface area (Å²) in [6.07, 6.45) is 2.95. The summed E-state index contributed by atoms with van der Waals surface area (Å²) >= 11 is 5.29. The van der Waals surface area contributed by atoms with Gasteiger partial charge in [0.2, 0.25) is 0 Å². The molecule has 0 unspecified atom stereocenters. The molecule has 0 bridgehead atoms. The van der Waals surface area contributed by atoms with Crippen LogP contribution in [-0.4, -0.2) is 17.8 Å². The summed E-state index contributed by atoms with van der Waals surface area (Å²) in [5, 5.41) is -0.499. The fourth-order valence-corrected chi connectivity index (χ4v) is 1.21. The van der Waals surface area contributed by atoms with Crippen molar-refractivity contribution in [3.63, 3.8) is 0 Å². The largest absolute Gasteiger partial charge is 0.463 e. The molecule has 0 aliphatic carbocycles. The van der Waals surface area contributed by atoms with Crippen LogP contribution in [0.15, 0.2) is 30.3 Å². The van der Waals surface area contributed by atoms with Gasteiger partial charge in [-0.15, -0.1) is 0 Å². The Morgan fingerprint density at radius 2 is 1.94 bits per heavy atom. The molecule has 1 aromatic rings. The average molecular weight is 239 g/mol. The third kappa shape index (κ3) is 3.87. The lowest BCUT2D eigenvalue weighted by molar-refractivity contribution is -0.137. The van der Waals surface area contributed by atoms with E-state index in [1.807, 2.05) is 0 Å². The van der Waals surface area contributed by atoms with E-state index in [0.29, 0.717) is 12.2 Å². The molecule has 1 rings (SSSR count). The van der Waals surface area contributed by atoms with Gasteiger partial charge in [-0.05, 0) is 42.3 Å². The first-order valence-electron chi connectivity index (χ1n) is 4.78. The van der Waals surface area contributed by atoms with Crippen LogP contribution in [0.3, 0.4) is 0 Å². The molecule has 3 nitrogen and oxygen atoms in total. The van der Waals surface area contributed by atoms with Crippen molar-refractivity contribution in [1.82, 2.24) is 0 Å². The van der Waals surface area contributed by atoms with Gasteiger partial charge >= 0.3 is 5.97 Å². The normalized spacial score (nSPS) is 10.4. The molecule has 4 heteroatoms. The zero-order valence-electron chi connectivity index (χ0n) is 8.77. The van der Waals surface area contributed by atoms with Crippen molar-refractivity contribution in [2.45, 2.75) is 6.92 Å². The Hall–Kier alpha value is -1.61. The molecule has 0 atom stereocenters. The molecule has 0 heterocycles. The van der Waals surface area contributed by atoms with E-state index < -0.39 is 5.24 Å². The smallest absolute Gasteiger partial charge is 0.330 e. The molecule has 1 aromatic carbocycles. The van der Waals surface area contributed by atoms with E-state index in [9.17, 15) is 9.59 Å². The highest BCUT2D eigenvalue weighted by atomic mass is 35.5. The molecule has 0 aromatic heterocycles. The highest BCUT2D eigenvalue weighted by Crippen LogP contribution is 2.08. The van der Waals surface area contributed by atoms with E-state index >= 15 is 0 Å². The topological polar surface area (TPSA) is 43.4 Å². The van der Waals surface area contributed by atoms with Crippen LogP contribution in [0.2, 0.25) is 0 Å². The van der Waals surface area contributed by atoms with Gasteiger partial charge in [-0.2, -0.15) is 0 Å². The summed E-state index contributed by atoms with van der Waals surface area (Å²) in [5.41, 5.74) is 1.23. The van der Waals surface area contributed by atoms with E-state index in [1.54, 1.807) is 37.3 Å². The number of carbonyl (C=O) groups is 2. The van der Waals surface area contributed by atoms with Gasteiger partial charge in [0.05, 0.1) is 6.61 Å². The van der Waals surface area contributed by atoms with Crippen LogP contribution in [-0.2, 0) is 9.53 Å². The second-order valence-corrected chi connectivity index (χ2v) is 3.32. The van der Waals surface area contributed by atoms with Crippen molar-refractivity contribution >= 4 is 28.9 Å². The van der Waals surface area contributed by atoms with Crippen molar-refractivity contribution in [3.05, 3.63) is 41.5 Å². The number of hydrogen-bond donors (Lipinski definition) is 0. The quantitative estimate of drug-likeness (QED) is 0.460. The summed E-state index contributed by atoms with van der Waals surface area (Å²) in [6.45, 7) is 2.09. The number of esters is 1. The Balaban J connectivity index is 2.68. The van der Waals surface area contributed by atoms with Crippen LogP contribution >= 0.6 is 11.6 Å². The first kappa shape index (κ1) is 12.5. The summed E-state index contributed by atoms with van der Waals surface area (Å²) in [6, 6.07) is 6.59. The Labute approximate surface area is 98.7 Å². The third-order valence-corrected chi connectivity index (χ3v) is 2.05. The number of rotatable bonds is 4. The summed E-state index contributed by atoms with van der Waals surface area (Å²) < 4.78 is 4.72. The molecule has 0 aliphatic rings. The maximum absolute atomic E-state index is 11.0. The molecule has 16 heavy (non-hydrogen) atoms. The predicted octanol–water partition coefficient (Wildman–Crippen LogP) is 2.64. The van der Waals surface area contributed by atoms with Crippen molar-refractivity contribution in [1.29, 1.82) is 0 Å². The fraction of sp³-hybridized carbons (Fsp3) is 0.167. The molecule has 0 N–H and O–H groups in total. The fourth-order valence-electron chi connectivity index (χ4n) is 1.08. The molecule has 0 amide bonds. The van der Waals surface area contributed by atoms with Crippen molar-refractivity contribution < 1.29 is 14.3 Å². The highest BCUT2D eigenvalue weighted by molar-refractivity contribution is 6.67. The van der Waals surface area contributed by atoms with Gasteiger partial charge in [-0.3, -0.25) is 4.79 Å². The van der Waals surface area contributed by atoms with E-state index in [0.717, 1.165) is 5.56 Å². The Morgan fingerprint density at radius 1 is 1.31 bits per heavy atom. The second kappa shape index (κ2) is 6.08. The monoisotopic (exact) mass is 238 g/mol. The average Bonchev–Trinajstić information content (AvgIpc) is 2.27. The zero-order valence-corrected chi connectivity index (χ0v) is 9.53. The number of ether oxygens (including phenoxy) is 1. The van der Waals surface area contributed by atoms with Gasteiger partial charge < -0.3 is 4.74 Å². The minimum atomic E-state index is -0.499. The number of benzene rings is 1. The van der Waals surface area contributed by atoms with Crippen LogP contribution in [0.5, 0.6) is 0 Å². The molecule has 0 saturated heterocycles. The zero-order chi connectivity index (χ0) is 12.0. The van der Waals surface area contributed by atoms with Crippen LogP contribution in [0.25, 0.3) is 6.08 Å². The van der Waals surface area contributed by atoms with Gasteiger partial charge in [0.1, 0.15) is 0 Å². The third-order valence-electron chi connectivity index (χ3n) is 1.84. The van der Waals surface area contributed by atoms with Gasteiger partial charge in [0.25, 0.3) is 5.24 Å². The molecule has 0 fully saturated rings. The SMILES string of the molecule is CCOC(=O)/C=C/c1ccc(C(=O)Cl)cc1. The van der Waals surface area contributed by atoms with Crippen LogP contribution < -0.4 is 0 Å². The highest BCUT2D eigenvalue weighted by Gasteiger charge is 1.99. The second-order valence-electron chi connectivity index (χ2n) is 2.98. The lowest BCUT2D eigenvalue weighted by Crippen LogP contribution is -1.98. The molecular formula is C12H11ClO3. The predicted molar refractivity (Wildman–Crippen MR) is 62.3 cm³/mol. The van der Waals surface area contributed by atoms with Crippen molar-refractivity contribution in [2.24, 2.45) is 0 Å². The summed E-state index contributed by atoms with van der Waals surface area (Å²) in [4.78, 5) is 21.8. The van der Waals surface area contributed by atoms with E-state index in [1.165, 1.54) is 6.08 Å². The Bertz CT molecular complexity index is 407. The lowest BCUT2D eigenvalue weighted by atomic mass is 10.1. The molecule has 0 radical (unpaired) electrons. The van der Waals surface area contributed by atoms with Crippen molar-refractivity contribution in [3.8, 4) is 0 Å².